The lowest BCUT2D eigenvalue weighted by molar-refractivity contribution is 0.201. The van der Waals surface area contributed by atoms with Gasteiger partial charge in [0.15, 0.2) is 0 Å². The number of aryl methyl sites for hydroxylation is 1. The zero-order chi connectivity index (χ0) is 17.2. The fourth-order valence-electron chi connectivity index (χ4n) is 2.56. The zero-order valence-electron chi connectivity index (χ0n) is 14.0. The van der Waals surface area contributed by atoms with Crippen molar-refractivity contribution in [1.29, 1.82) is 0 Å². The lowest BCUT2D eigenvalue weighted by atomic mass is 10.1. The number of ether oxygens (including phenoxy) is 1. The molecule has 1 fully saturated rings. The van der Waals surface area contributed by atoms with Crippen molar-refractivity contribution in [3.8, 4) is 5.75 Å². The summed E-state index contributed by atoms with van der Waals surface area (Å²) in [6.45, 7) is 6.70. The minimum Gasteiger partial charge on any atom is -0.491 e. The van der Waals surface area contributed by atoms with E-state index in [2.05, 4.69) is 23.2 Å². The Morgan fingerprint density at radius 2 is 1.83 bits per heavy atom. The molecule has 0 aromatic heterocycles. The van der Waals surface area contributed by atoms with E-state index in [-0.39, 0.29) is 12.4 Å². The molecule has 0 aliphatic carbocycles. The van der Waals surface area contributed by atoms with Crippen molar-refractivity contribution < 1.29 is 14.2 Å². The summed E-state index contributed by atoms with van der Waals surface area (Å²) >= 11 is 0. The van der Waals surface area contributed by atoms with E-state index in [0.717, 1.165) is 31.9 Å². The largest absolute Gasteiger partial charge is 0.491 e. The minimum atomic E-state index is -0.178. The summed E-state index contributed by atoms with van der Waals surface area (Å²) in [5.41, 5.74) is 2.50. The van der Waals surface area contributed by atoms with Crippen LogP contribution >= 0.6 is 0 Å². The highest BCUT2D eigenvalue weighted by molar-refractivity contribution is 5.56. The van der Waals surface area contributed by atoms with E-state index in [4.69, 9.17) is 9.84 Å². The summed E-state index contributed by atoms with van der Waals surface area (Å²) in [4.78, 5) is 2.39. The van der Waals surface area contributed by atoms with Crippen molar-refractivity contribution in [3.05, 3.63) is 59.9 Å². The van der Waals surface area contributed by atoms with Gasteiger partial charge in [0, 0.05) is 31.9 Å². The van der Waals surface area contributed by atoms with Gasteiger partial charge < -0.3 is 20.1 Å². The zero-order valence-corrected chi connectivity index (χ0v) is 14.0. The Morgan fingerprint density at radius 1 is 1.12 bits per heavy atom. The molecular formula is C19H25FN2O2. The number of halogens is 1. The third-order valence-corrected chi connectivity index (χ3v) is 3.72. The molecule has 0 saturated carbocycles. The number of anilines is 1. The first-order valence-corrected chi connectivity index (χ1v) is 8.21. The van der Waals surface area contributed by atoms with Gasteiger partial charge >= 0.3 is 0 Å². The molecular weight excluding hydrogens is 307 g/mol. The van der Waals surface area contributed by atoms with Crippen LogP contribution in [0.4, 0.5) is 10.1 Å². The quantitative estimate of drug-likeness (QED) is 0.903. The Morgan fingerprint density at radius 3 is 2.38 bits per heavy atom. The topological polar surface area (TPSA) is 44.7 Å². The van der Waals surface area contributed by atoms with Crippen molar-refractivity contribution in [3.63, 3.8) is 0 Å². The van der Waals surface area contributed by atoms with Crippen LogP contribution in [-0.2, 0) is 0 Å². The van der Waals surface area contributed by atoms with Gasteiger partial charge in [-0.1, -0.05) is 18.2 Å². The summed E-state index contributed by atoms with van der Waals surface area (Å²) < 4.78 is 17.3. The maximum atomic E-state index is 11.9. The average Bonchev–Trinajstić information content (AvgIpc) is 2.62. The fourth-order valence-corrected chi connectivity index (χ4v) is 2.56. The number of hydrogen-bond acceptors (Lipinski definition) is 4. The number of aliphatic hydroxyl groups is 1. The van der Waals surface area contributed by atoms with E-state index in [0.29, 0.717) is 6.61 Å². The SMILES string of the molecule is Cc1cc(OCCO)ccc1N1CCNCC1.Fc1ccccc1. The molecule has 3 rings (SSSR count). The summed E-state index contributed by atoms with van der Waals surface area (Å²) in [6, 6.07) is 14.0. The molecule has 0 amide bonds. The monoisotopic (exact) mass is 332 g/mol. The maximum Gasteiger partial charge on any atom is 0.123 e. The third kappa shape index (κ3) is 5.83. The van der Waals surface area contributed by atoms with Crippen LogP contribution in [0.25, 0.3) is 0 Å². The highest BCUT2D eigenvalue weighted by Gasteiger charge is 2.12. The number of hydrogen-bond donors (Lipinski definition) is 2. The molecule has 0 bridgehead atoms. The predicted octanol–water partition coefficient (Wildman–Crippen LogP) is 2.60. The Labute approximate surface area is 142 Å². The summed E-state index contributed by atoms with van der Waals surface area (Å²) in [5, 5.41) is 12.1. The first kappa shape index (κ1) is 18.2. The maximum absolute atomic E-state index is 11.9. The second-order valence-corrected chi connectivity index (χ2v) is 5.55. The number of nitrogens with zero attached hydrogens (tertiary/aromatic N) is 1. The molecule has 2 aromatic carbocycles. The van der Waals surface area contributed by atoms with Crippen molar-refractivity contribution >= 4 is 5.69 Å². The van der Waals surface area contributed by atoms with E-state index < -0.39 is 0 Å². The van der Waals surface area contributed by atoms with Crippen LogP contribution in [-0.4, -0.2) is 44.5 Å². The van der Waals surface area contributed by atoms with Gasteiger partial charge in [0.1, 0.15) is 18.2 Å². The minimum absolute atomic E-state index is 0.0542. The second-order valence-electron chi connectivity index (χ2n) is 5.55. The van der Waals surface area contributed by atoms with Crippen LogP contribution in [0.15, 0.2) is 48.5 Å². The van der Waals surface area contributed by atoms with Gasteiger partial charge in [-0.15, -0.1) is 0 Å². The molecule has 0 spiro atoms. The van der Waals surface area contributed by atoms with Crippen molar-refractivity contribution in [2.45, 2.75) is 6.92 Å². The van der Waals surface area contributed by atoms with Crippen LogP contribution in [0, 0.1) is 12.7 Å². The van der Waals surface area contributed by atoms with Gasteiger partial charge in [-0.25, -0.2) is 4.39 Å². The predicted molar refractivity (Wildman–Crippen MR) is 95.2 cm³/mol. The Hall–Kier alpha value is -2.11. The molecule has 24 heavy (non-hydrogen) atoms. The molecule has 1 saturated heterocycles. The molecule has 2 N–H and O–H groups in total. The normalized spacial score (nSPS) is 13.9. The van der Waals surface area contributed by atoms with Crippen molar-refractivity contribution in [2.24, 2.45) is 0 Å². The standard InChI is InChI=1S/C13H20N2O2.C6H5F/c1-11-10-12(17-9-8-16)2-3-13(11)15-6-4-14-5-7-15;7-6-4-2-1-3-5-6/h2-3,10,14,16H,4-9H2,1H3;1-5H. The van der Waals surface area contributed by atoms with E-state index in [9.17, 15) is 4.39 Å². The van der Waals surface area contributed by atoms with E-state index in [1.54, 1.807) is 18.2 Å². The van der Waals surface area contributed by atoms with Crippen LogP contribution in [0.1, 0.15) is 5.56 Å². The number of rotatable bonds is 4. The first-order chi connectivity index (χ1) is 11.7. The van der Waals surface area contributed by atoms with E-state index in [1.807, 2.05) is 12.1 Å². The van der Waals surface area contributed by atoms with Crippen molar-refractivity contribution in [1.82, 2.24) is 5.32 Å². The van der Waals surface area contributed by atoms with Gasteiger partial charge in [-0.2, -0.15) is 0 Å². The molecule has 0 atom stereocenters. The lowest BCUT2D eigenvalue weighted by Crippen LogP contribution is -2.43. The van der Waals surface area contributed by atoms with Crippen LogP contribution < -0.4 is 15.0 Å². The Balaban J connectivity index is 0.000000249. The molecule has 1 heterocycles. The van der Waals surface area contributed by atoms with Crippen LogP contribution in [0.2, 0.25) is 0 Å². The molecule has 1 aliphatic heterocycles. The number of benzene rings is 2. The smallest absolute Gasteiger partial charge is 0.123 e. The highest BCUT2D eigenvalue weighted by atomic mass is 19.1. The summed E-state index contributed by atoms with van der Waals surface area (Å²) in [5.74, 6) is 0.651. The van der Waals surface area contributed by atoms with Crippen LogP contribution in [0.5, 0.6) is 5.75 Å². The van der Waals surface area contributed by atoms with Gasteiger partial charge in [-0.05, 0) is 42.8 Å². The van der Waals surface area contributed by atoms with Crippen molar-refractivity contribution in [2.75, 3.05) is 44.3 Å². The number of nitrogens with one attached hydrogen (secondary N) is 1. The van der Waals surface area contributed by atoms with Gasteiger partial charge in [0.05, 0.1) is 6.61 Å². The van der Waals surface area contributed by atoms with E-state index >= 15 is 0 Å². The Bertz CT molecular complexity index is 602. The second kappa shape index (κ2) is 9.90. The summed E-state index contributed by atoms with van der Waals surface area (Å²) in [7, 11) is 0. The molecule has 0 unspecified atom stereocenters. The average molecular weight is 332 g/mol. The molecule has 4 nitrogen and oxygen atoms in total. The third-order valence-electron chi connectivity index (χ3n) is 3.72. The van der Waals surface area contributed by atoms with Crippen LogP contribution in [0.3, 0.4) is 0 Å². The summed E-state index contributed by atoms with van der Waals surface area (Å²) in [6.07, 6.45) is 0. The van der Waals surface area contributed by atoms with Gasteiger partial charge in [0.2, 0.25) is 0 Å². The number of piperazine rings is 1. The Kier molecular flexibility index (Phi) is 7.52. The number of aliphatic hydroxyl groups excluding tert-OH is 1. The van der Waals surface area contributed by atoms with Gasteiger partial charge in [0.25, 0.3) is 0 Å². The lowest BCUT2D eigenvalue weighted by Gasteiger charge is -2.30. The highest BCUT2D eigenvalue weighted by Crippen LogP contribution is 2.25. The molecule has 1 aliphatic rings. The molecule has 2 aromatic rings. The molecule has 130 valence electrons. The first-order valence-electron chi connectivity index (χ1n) is 8.21. The molecule has 5 heteroatoms. The fraction of sp³-hybridized carbons (Fsp3) is 0.368. The molecule has 0 radical (unpaired) electrons. The van der Waals surface area contributed by atoms with E-state index in [1.165, 1.54) is 23.4 Å². The van der Waals surface area contributed by atoms with Gasteiger partial charge in [-0.3, -0.25) is 0 Å².